The molecule has 0 spiro atoms. The Balaban J connectivity index is 1.66. The molecule has 6 nitrogen and oxygen atoms in total. The van der Waals surface area contributed by atoms with Crippen molar-refractivity contribution in [1.29, 1.82) is 0 Å². The topological polar surface area (TPSA) is 84.2 Å². The summed E-state index contributed by atoms with van der Waals surface area (Å²) in [7, 11) is 0. The lowest BCUT2D eigenvalue weighted by molar-refractivity contribution is -0.120. The van der Waals surface area contributed by atoms with Crippen LogP contribution in [-0.4, -0.2) is 29.9 Å². The smallest absolute Gasteiger partial charge is 0.251 e. The summed E-state index contributed by atoms with van der Waals surface area (Å²) in [5.41, 5.74) is 1.31. The fraction of sp³-hybridized carbons (Fsp3) is 0.214. The van der Waals surface area contributed by atoms with Gasteiger partial charge in [0.25, 0.3) is 5.91 Å². The first kappa shape index (κ1) is 13.8. The van der Waals surface area contributed by atoms with E-state index in [1.54, 1.807) is 24.3 Å². The van der Waals surface area contributed by atoms with Gasteiger partial charge in [0, 0.05) is 18.5 Å². The van der Waals surface area contributed by atoms with Crippen LogP contribution < -0.4 is 10.6 Å². The number of nitrogens with one attached hydrogen (secondary N) is 2. The van der Waals surface area contributed by atoms with Gasteiger partial charge < -0.3 is 15.1 Å². The molecule has 0 aliphatic rings. The number of aromatic nitrogens is 1. The van der Waals surface area contributed by atoms with Gasteiger partial charge in [0.15, 0.2) is 6.39 Å². The second-order valence-corrected chi connectivity index (χ2v) is 4.13. The molecule has 0 saturated carbocycles. The van der Waals surface area contributed by atoms with E-state index < -0.39 is 0 Å². The van der Waals surface area contributed by atoms with E-state index in [9.17, 15) is 9.59 Å². The third-order valence-corrected chi connectivity index (χ3v) is 2.63. The van der Waals surface area contributed by atoms with Crippen LogP contribution in [0.15, 0.2) is 47.4 Å². The summed E-state index contributed by atoms with van der Waals surface area (Å²) in [6.45, 7) is 0.402. The van der Waals surface area contributed by atoms with Crippen LogP contribution >= 0.6 is 0 Å². The maximum atomic E-state index is 11.7. The van der Waals surface area contributed by atoms with Crippen molar-refractivity contribution in [1.82, 2.24) is 15.6 Å². The highest BCUT2D eigenvalue weighted by Crippen LogP contribution is 1.97. The minimum absolute atomic E-state index is 0.0491. The van der Waals surface area contributed by atoms with Gasteiger partial charge in [-0.05, 0) is 12.1 Å². The molecule has 2 amide bonds. The number of benzene rings is 1. The van der Waals surface area contributed by atoms with E-state index in [0.29, 0.717) is 18.5 Å². The zero-order valence-corrected chi connectivity index (χ0v) is 10.8. The van der Waals surface area contributed by atoms with Gasteiger partial charge in [-0.3, -0.25) is 9.59 Å². The normalized spacial score (nSPS) is 10.0. The predicted octanol–water partition coefficient (Wildman–Crippen LogP) is 0.763. The number of rotatable bonds is 6. The number of carbonyl (C=O) groups is 2. The zero-order valence-electron chi connectivity index (χ0n) is 10.8. The molecule has 20 heavy (non-hydrogen) atoms. The summed E-state index contributed by atoms with van der Waals surface area (Å²) in [4.78, 5) is 27.2. The minimum atomic E-state index is -0.266. The first-order valence-electron chi connectivity index (χ1n) is 6.23. The molecule has 0 fully saturated rings. The Morgan fingerprint density at radius 1 is 1.15 bits per heavy atom. The molecule has 2 rings (SSSR count). The molecule has 0 radical (unpaired) electrons. The molecule has 0 bridgehead atoms. The van der Waals surface area contributed by atoms with E-state index >= 15 is 0 Å². The maximum Gasteiger partial charge on any atom is 0.251 e. The molecule has 0 atom stereocenters. The maximum absolute atomic E-state index is 11.7. The Bertz CT molecular complexity index is 552. The lowest BCUT2D eigenvalue weighted by atomic mass is 10.2. The van der Waals surface area contributed by atoms with Crippen molar-refractivity contribution in [3.63, 3.8) is 0 Å². The van der Waals surface area contributed by atoms with Crippen LogP contribution in [-0.2, 0) is 11.2 Å². The number of hydrogen-bond donors (Lipinski definition) is 2. The van der Waals surface area contributed by atoms with Crippen molar-refractivity contribution in [2.75, 3.05) is 13.1 Å². The van der Waals surface area contributed by atoms with Gasteiger partial charge in [-0.1, -0.05) is 18.2 Å². The third-order valence-electron chi connectivity index (χ3n) is 2.63. The molecule has 0 unspecified atom stereocenters. The van der Waals surface area contributed by atoms with Crippen molar-refractivity contribution in [2.45, 2.75) is 6.42 Å². The summed E-state index contributed by atoms with van der Waals surface area (Å²) in [5.74, 6) is -0.505. The van der Waals surface area contributed by atoms with E-state index in [1.165, 1.54) is 12.7 Å². The molecule has 2 N–H and O–H groups in total. The van der Waals surface area contributed by atoms with Crippen molar-refractivity contribution in [3.8, 4) is 0 Å². The van der Waals surface area contributed by atoms with Crippen LogP contribution in [0.2, 0.25) is 0 Å². The highest BCUT2D eigenvalue weighted by atomic mass is 16.3. The Morgan fingerprint density at radius 2 is 1.95 bits per heavy atom. The largest absolute Gasteiger partial charge is 0.451 e. The Morgan fingerprint density at radius 3 is 2.65 bits per heavy atom. The molecule has 1 aromatic heterocycles. The van der Waals surface area contributed by atoms with E-state index in [1.807, 2.05) is 6.07 Å². The fourth-order valence-electron chi connectivity index (χ4n) is 1.61. The second kappa shape index (κ2) is 7.08. The summed E-state index contributed by atoms with van der Waals surface area (Å²) >= 11 is 0. The van der Waals surface area contributed by atoms with Crippen LogP contribution in [0.4, 0.5) is 0 Å². The zero-order chi connectivity index (χ0) is 14.2. The molecule has 0 aliphatic carbocycles. The van der Waals surface area contributed by atoms with Gasteiger partial charge in [-0.25, -0.2) is 4.98 Å². The lowest BCUT2D eigenvalue weighted by Gasteiger charge is -2.06. The monoisotopic (exact) mass is 273 g/mol. The van der Waals surface area contributed by atoms with Gasteiger partial charge in [-0.2, -0.15) is 0 Å². The van der Waals surface area contributed by atoms with Crippen molar-refractivity contribution in [2.24, 2.45) is 0 Å². The van der Waals surface area contributed by atoms with Gasteiger partial charge in [0.2, 0.25) is 5.91 Å². The Kier molecular flexibility index (Phi) is 4.88. The number of nitrogens with zero attached hydrogens (tertiary/aromatic N) is 1. The van der Waals surface area contributed by atoms with Crippen LogP contribution in [0.5, 0.6) is 0 Å². The van der Waals surface area contributed by atoms with Gasteiger partial charge in [-0.15, -0.1) is 0 Å². The Hall–Kier alpha value is -2.63. The number of carbonyl (C=O) groups excluding carboxylic acids is 2. The van der Waals surface area contributed by atoms with E-state index in [4.69, 9.17) is 4.42 Å². The van der Waals surface area contributed by atoms with Crippen molar-refractivity contribution >= 4 is 11.8 Å². The molecule has 104 valence electrons. The predicted molar refractivity (Wildman–Crippen MR) is 72.0 cm³/mol. The van der Waals surface area contributed by atoms with Crippen LogP contribution in [0.3, 0.4) is 0 Å². The lowest BCUT2D eigenvalue weighted by Crippen LogP contribution is -2.37. The summed E-state index contributed by atoms with van der Waals surface area (Å²) in [6, 6.07) is 8.75. The average Bonchev–Trinajstić information content (AvgIpc) is 2.99. The highest BCUT2D eigenvalue weighted by molar-refractivity contribution is 5.96. The van der Waals surface area contributed by atoms with Crippen molar-refractivity contribution < 1.29 is 14.0 Å². The van der Waals surface area contributed by atoms with Crippen LogP contribution in [0.25, 0.3) is 0 Å². The molecule has 1 heterocycles. The summed E-state index contributed by atoms with van der Waals surface area (Å²) < 4.78 is 4.82. The summed E-state index contributed by atoms with van der Waals surface area (Å²) in [5, 5.41) is 5.25. The first-order valence-corrected chi connectivity index (χ1v) is 6.23. The molecule has 2 aromatic rings. The molecule has 0 aliphatic heterocycles. The standard InChI is InChI=1S/C14H15N3O3/c18-13(15-7-6-12-9-20-10-17-12)8-16-14(19)11-4-2-1-3-5-11/h1-5,9-10H,6-8H2,(H,15,18)(H,16,19). The molecule has 0 saturated heterocycles. The second-order valence-electron chi connectivity index (χ2n) is 4.13. The average molecular weight is 273 g/mol. The van der Waals surface area contributed by atoms with Gasteiger partial charge in [0.05, 0.1) is 12.2 Å². The molecule has 6 heteroatoms. The van der Waals surface area contributed by atoms with Crippen LogP contribution in [0.1, 0.15) is 16.1 Å². The molecule has 1 aromatic carbocycles. The van der Waals surface area contributed by atoms with E-state index in [0.717, 1.165) is 5.69 Å². The summed E-state index contributed by atoms with van der Waals surface area (Å²) in [6.07, 6.45) is 3.47. The number of hydrogen-bond acceptors (Lipinski definition) is 4. The Labute approximate surface area is 116 Å². The number of oxazole rings is 1. The first-order chi connectivity index (χ1) is 9.75. The quantitative estimate of drug-likeness (QED) is 0.814. The fourth-order valence-corrected chi connectivity index (χ4v) is 1.61. The van der Waals surface area contributed by atoms with Gasteiger partial charge >= 0.3 is 0 Å². The molecular formula is C14H15N3O3. The van der Waals surface area contributed by atoms with Crippen molar-refractivity contribution in [3.05, 3.63) is 54.2 Å². The minimum Gasteiger partial charge on any atom is -0.451 e. The highest BCUT2D eigenvalue weighted by Gasteiger charge is 2.07. The van der Waals surface area contributed by atoms with E-state index in [-0.39, 0.29) is 18.4 Å². The third kappa shape index (κ3) is 4.24. The molecular weight excluding hydrogens is 258 g/mol. The van der Waals surface area contributed by atoms with Crippen LogP contribution in [0, 0.1) is 0 Å². The van der Waals surface area contributed by atoms with Gasteiger partial charge in [0.1, 0.15) is 6.26 Å². The van der Waals surface area contributed by atoms with E-state index in [2.05, 4.69) is 15.6 Å². The SMILES string of the molecule is O=C(CNC(=O)c1ccccc1)NCCc1cocn1. The number of amides is 2.